The summed E-state index contributed by atoms with van der Waals surface area (Å²) < 4.78 is 45.2. The van der Waals surface area contributed by atoms with E-state index in [4.69, 9.17) is 10.5 Å². The maximum Gasteiger partial charge on any atom is 0.416 e. The number of alkyl halides is 3. The molecular weight excluding hydrogens is 345 g/mol. The highest BCUT2D eigenvalue weighted by Gasteiger charge is 2.31. The maximum atomic E-state index is 13.0. The number of rotatable bonds is 4. The Morgan fingerprint density at radius 2 is 2.08 bits per heavy atom. The first-order valence-corrected chi connectivity index (χ1v) is 7.40. The van der Waals surface area contributed by atoms with Crippen molar-refractivity contribution in [2.24, 2.45) is 0 Å². The number of nitrogen functional groups attached to an aromatic ring is 1. The van der Waals surface area contributed by atoms with Gasteiger partial charge in [-0.2, -0.15) is 22.8 Å². The molecule has 24 heavy (non-hydrogen) atoms. The Hall–Kier alpha value is -2.82. The average Bonchev–Trinajstić information content (AvgIpc) is 3.15. The molecule has 0 atom stereocenters. The van der Waals surface area contributed by atoms with Crippen LogP contribution in [0.3, 0.4) is 0 Å². The quantitative estimate of drug-likeness (QED) is 0.747. The van der Waals surface area contributed by atoms with E-state index in [0.717, 1.165) is 12.1 Å². The van der Waals surface area contributed by atoms with Crippen LogP contribution in [0.4, 0.5) is 30.8 Å². The van der Waals surface area contributed by atoms with Crippen LogP contribution >= 0.6 is 11.3 Å². The van der Waals surface area contributed by atoms with Crippen LogP contribution in [0.25, 0.3) is 5.13 Å². The third-order valence-electron chi connectivity index (χ3n) is 2.95. The average molecular weight is 356 g/mol. The van der Waals surface area contributed by atoms with Crippen LogP contribution in [0, 0.1) is 0 Å². The third kappa shape index (κ3) is 3.25. The number of halogens is 3. The normalized spacial score (nSPS) is 11.5. The van der Waals surface area contributed by atoms with E-state index in [1.54, 1.807) is 11.6 Å². The van der Waals surface area contributed by atoms with Crippen LogP contribution in [-0.4, -0.2) is 26.9 Å². The fourth-order valence-electron chi connectivity index (χ4n) is 1.94. The molecule has 0 radical (unpaired) electrons. The van der Waals surface area contributed by atoms with E-state index in [1.165, 1.54) is 29.2 Å². The highest BCUT2D eigenvalue weighted by Crippen LogP contribution is 2.35. The fraction of sp³-hybridized carbons (Fsp3) is 0.154. The van der Waals surface area contributed by atoms with Crippen LogP contribution in [-0.2, 0) is 6.18 Å². The minimum absolute atomic E-state index is 0.0355. The van der Waals surface area contributed by atoms with Gasteiger partial charge in [-0.25, -0.2) is 4.98 Å². The molecule has 2 aromatic heterocycles. The molecule has 0 spiro atoms. The fourth-order valence-corrected chi connectivity index (χ4v) is 2.54. The zero-order valence-corrected chi connectivity index (χ0v) is 13.0. The largest absolute Gasteiger partial charge is 0.497 e. The number of aromatic nitrogens is 4. The molecule has 0 unspecified atom stereocenters. The van der Waals surface area contributed by atoms with Gasteiger partial charge in [0.05, 0.1) is 12.7 Å². The molecule has 1 aromatic carbocycles. The molecule has 0 saturated heterocycles. The van der Waals surface area contributed by atoms with Gasteiger partial charge >= 0.3 is 6.18 Å². The van der Waals surface area contributed by atoms with Crippen LogP contribution in [0.5, 0.6) is 5.75 Å². The van der Waals surface area contributed by atoms with E-state index in [1.807, 2.05) is 0 Å². The third-order valence-corrected chi connectivity index (χ3v) is 3.70. The Kier molecular flexibility index (Phi) is 4.01. The molecule has 11 heteroatoms. The van der Waals surface area contributed by atoms with Crippen molar-refractivity contribution in [3.63, 3.8) is 0 Å². The highest BCUT2D eigenvalue weighted by molar-refractivity contribution is 7.12. The predicted octanol–water partition coefficient (Wildman–Crippen LogP) is 3.08. The van der Waals surface area contributed by atoms with Gasteiger partial charge in [-0.3, -0.25) is 0 Å². The lowest BCUT2D eigenvalue weighted by Gasteiger charge is -2.12. The van der Waals surface area contributed by atoms with Crippen molar-refractivity contribution in [3.8, 4) is 10.9 Å². The van der Waals surface area contributed by atoms with Crippen LogP contribution < -0.4 is 15.8 Å². The van der Waals surface area contributed by atoms with Crippen molar-refractivity contribution in [3.05, 3.63) is 35.3 Å². The van der Waals surface area contributed by atoms with Crippen molar-refractivity contribution >= 4 is 28.9 Å². The number of nitrogens with zero attached hydrogens (tertiary/aromatic N) is 4. The molecule has 126 valence electrons. The van der Waals surface area contributed by atoms with Gasteiger partial charge in [-0.15, -0.1) is 16.4 Å². The summed E-state index contributed by atoms with van der Waals surface area (Å²) in [5.41, 5.74) is 4.87. The number of ether oxygens (including phenoxy) is 1. The second-order valence-corrected chi connectivity index (χ2v) is 5.47. The Morgan fingerprint density at radius 3 is 2.71 bits per heavy atom. The summed E-state index contributed by atoms with van der Waals surface area (Å²) in [6.45, 7) is 0. The minimum atomic E-state index is -4.51. The first kappa shape index (κ1) is 16.1. The Morgan fingerprint density at radius 1 is 1.29 bits per heavy atom. The van der Waals surface area contributed by atoms with Crippen molar-refractivity contribution in [2.45, 2.75) is 6.18 Å². The lowest BCUT2D eigenvalue weighted by molar-refractivity contribution is -0.137. The Labute approximate surface area is 137 Å². The van der Waals surface area contributed by atoms with Gasteiger partial charge in [-0.05, 0) is 12.1 Å². The second-order valence-electron chi connectivity index (χ2n) is 4.59. The van der Waals surface area contributed by atoms with Gasteiger partial charge in [0, 0.05) is 23.3 Å². The molecule has 0 aliphatic heterocycles. The predicted molar refractivity (Wildman–Crippen MR) is 82.7 cm³/mol. The summed E-state index contributed by atoms with van der Waals surface area (Å²) in [4.78, 5) is 8.04. The molecule has 0 bridgehead atoms. The summed E-state index contributed by atoms with van der Waals surface area (Å²) in [5, 5.41) is 8.94. The summed E-state index contributed by atoms with van der Waals surface area (Å²) in [6, 6.07) is 3.26. The number of nitrogens with one attached hydrogen (secondary N) is 1. The van der Waals surface area contributed by atoms with Crippen LogP contribution in [0.1, 0.15) is 5.56 Å². The van der Waals surface area contributed by atoms with E-state index in [0.29, 0.717) is 5.13 Å². The van der Waals surface area contributed by atoms with E-state index in [2.05, 4.69) is 20.4 Å². The lowest BCUT2D eigenvalue weighted by atomic mass is 10.2. The molecule has 0 aliphatic carbocycles. The standard InChI is InChI=1S/C13H11F3N6OS/c1-23-9-5-7(13(14,15)16)4-8(6-9)19-11-20-10(17)21-22(11)12-18-2-3-24-12/h2-6H,1H3,(H3,17,19,20,21). The van der Waals surface area contributed by atoms with E-state index >= 15 is 0 Å². The van der Waals surface area contributed by atoms with Crippen LogP contribution in [0.15, 0.2) is 29.8 Å². The van der Waals surface area contributed by atoms with Gasteiger partial charge in [-0.1, -0.05) is 0 Å². The maximum absolute atomic E-state index is 13.0. The molecule has 3 N–H and O–H groups in total. The van der Waals surface area contributed by atoms with Crippen molar-refractivity contribution in [1.29, 1.82) is 0 Å². The first-order chi connectivity index (χ1) is 11.4. The number of anilines is 3. The van der Waals surface area contributed by atoms with E-state index in [-0.39, 0.29) is 23.3 Å². The SMILES string of the molecule is COc1cc(Nc2nc(N)nn2-c2nccs2)cc(C(F)(F)F)c1. The van der Waals surface area contributed by atoms with Crippen molar-refractivity contribution in [1.82, 2.24) is 19.7 Å². The molecule has 0 amide bonds. The number of methoxy groups -OCH3 is 1. The molecule has 0 fully saturated rings. The number of benzene rings is 1. The number of nitrogens with two attached hydrogens (primary N) is 1. The summed E-state index contributed by atoms with van der Waals surface area (Å²) in [7, 11) is 1.29. The molecule has 0 saturated carbocycles. The topological polar surface area (TPSA) is 90.9 Å². The smallest absolute Gasteiger partial charge is 0.416 e. The van der Waals surface area contributed by atoms with Gasteiger partial charge in [0.2, 0.25) is 17.0 Å². The molecule has 0 aliphatic rings. The Bertz CT molecular complexity index is 846. The second kappa shape index (κ2) is 6.00. The van der Waals surface area contributed by atoms with Gasteiger partial charge in [0.15, 0.2) is 0 Å². The van der Waals surface area contributed by atoms with Crippen molar-refractivity contribution in [2.75, 3.05) is 18.2 Å². The number of hydrogen-bond acceptors (Lipinski definition) is 7. The van der Waals surface area contributed by atoms with Crippen molar-refractivity contribution < 1.29 is 17.9 Å². The molecular formula is C13H11F3N6OS. The monoisotopic (exact) mass is 356 g/mol. The zero-order valence-electron chi connectivity index (χ0n) is 12.2. The van der Waals surface area contributed by atoms with Gasteiger partial charge < -0.3 is 15.8 Å². The van der Waals surface area contributed by atoms with Gasteiger partial charge in [0.25, 0.3) is 0 Å². The minimum Gasteiger partial charge on any atom is -0.497 e. The summed E-state index contributed by atoms with van der Waals surface area (Å²) in [5.74, 6) is 0.163. The van der Waals surface area contributed by atoms with E-state index < -0.39 is 11.7 Å². The molecule has 7 nitrogen and oxygen atoms in total. The number of thiazole rings is 1. The highest BCUT2D eigenvalue weighted by atomic mass is 32.1. The lowest BCUT2D eigenvalue weighted by Crippen LogP contribution is -2.07. The zero-order chi connectivity index (χ0) is 17.3. The Balaban J connectivity index is 2.00. The van der Waals surface area contributed by atoms with E-state index in [9.17, 15) is 13.2 Å². The van der Waals surface area contributed by atoms with Gasteiger partial charge in [0.1, 0.15) is 5.75 Å². The molecule has 3 rings (SSSR count). The molecule has 2 heterocycles. The van der Waals surface area contributed by atoms with Crippen LogP contribution in [0.2, 0.25) is 0 Å². The summed E-state index contributed by atoms with van der Waals surface area (Å²) in [6.07, 6.45) is -2.94. The summed E-state index contributed by atoms with van der Waals surface area (Å²) >= 11 is 1.28. The first-order valence-electron chi connectivity index (χ1n) is 6.52. The molecule has 3 aromatic rings. The number of hydrogen-bond donors (Lipinski definition) is 2.